The molecule has 1 saturated carbocycles. The second kappa shape index (κ2) is 3.19. The van der Waals surface area contributed by atoms with Crippen LogP contribution < -0.4 is 0 Å². The summed E-state index contributed by atoms with van der Waals surface area (Å²) < 4.78 is 6.11. The first-order chi connectivity index (χ1) is 7.25. The molecule has 1 heterocycles. The summed E-state index contributed by atoms with van der Waals surface area (Å²) in [7, 11) is 0. The Labute approximate surface area is 98.1 Å². The highest BCUT2D eigenvalue weighted by Crippen LogP contribution is 2.68. The molecule has 2 unspecified atom stereocenters. The Morgan fingerprint density at radius 3 is 2.31 bits per heavy atom. The molecule has 0 aromatic carbocycles. The molecule has 0 aromatic rings. The van der Waals surface area contributed by atoms with E-state index in [1.807, 2.05) is 6.92 Å². The molecule has 2 nitrogen and oxygen atoms in total. The minimum Gasteiger partial charge on any atom is -0.357 e. The van der Waals surface area contributed by atoms with Crippen molar-refractivity contribution in [2.45, 2.75) is 65.1 Å². The van der Waals surface area contributed by atoms with E-state index in [1.165, 1.54) is 12.8 Å². The zero-order chi connectivity index (χ0) is 12.2. The van der Waals surface area contributed by atoms with Gasteiger partial charge in [0.2, 0.25) is 0 Å². The maximum atomic E-state index is 11.2. The Morgan fingerprint density at radius 1 is 1.19 bits per heavy atom. The standard InChI is InChI=1S/C14H22O2/c1-10(9-11(2)15)14-12(3,4)7-6-8-13(14,5)16-14/h9H,6-8H2,1-5H3/b10-9-. The van der Waals surface area contributed by atoms with Crippen LogP contribution in [0.5, 0.6) is 0 Å². The van der Waals surface area contributed by atoms with Crippen LogP contribution in [0.25, 0.3) is 0 Å². The number of epoxide rings is 1. The second-order valence-electron chi connectivity index (χ2n) is 6.19. The summed E-state index contributed by atoms with van der Waals surface area (Å²) in [5, 5.41) is 0. The number of rotatable bonds is 2. The second-order valence-corrected chi connectivity index (χ2v) is 6.19. The first-order valence-corrected chi connectivity index (χ1v) is 6.15. The van der Waals surface area contributed by atoms with Crippen molar-refractivity contribution in [1.82, 2.24) is 0 Å². The number of carbonyl (C=O) groups excluding carboxylic acids is 1. The molecule has 2 fully saturated rings. The molecule has 1 saturated heterocycles. The molecule has 16 heavy (non-hydrogen) atoms. The Balaban J connectivity index is 2.41. The molecule has 2 heteroatoms. The van der Waals surface area contributed by atoms with Gasteiger partial charge in [-0.25, -0.2) is 0 Å². The van der Waals surface area contributed by atoms with Gasteiger partial charge in [-0.1, -0.05) is 13.8 Å². The van der Waals surface area contributed by atoms with Gasteiger partial charge in [0.1, 0.15) is 11.2 Å². The van der Waals surface area contributed by atoms with Gasteiger partial charge in [-0.05, 0) is 51.7 Å². The van der Waals surface area contributed by atoms with Gasteiger partial charge in [-0.15, -0.1) is 0 Å². The van der Waals surface area contributed by atoms with Crippen LogP contribution in [0.2, 0.25) is 0 Å². The van der Waals surface area contributed by atoms with Gasteiger partial charge in [-0.3, -0.25) is 4.79 Å². The molecule has 1 aliphatic heterocycles. The molecular weight excluding hydrogens is 200 g/mol. The van der Waals surface area contributed by atoms with Crippen molar-refractivity contribution in [3.05, 3.63) is 11.6 Å². The molecule has 2 atom stereocenters. The van der Waals surface area contributed by atoms with E-state index < -0.39 is 0 Å². The van der Waals surface area contributed by atoms with Gasteiger partial charge in [0.15, 0.2) is 5.78 Å². The lowest BCUT2D eigenvalue weighted by molar-refractivity contribution is -0.112. The number of ketones is 1. The topological polar surface area (TPSA) is 29.6 Å². The number of allylic oxidation sites excluding steroid dienone is 1. The van der Waals surface area contributed by atoms with Crippen molar-refractivity contribution < 1.29 is 9.53 Å². The summed E-state index contributed by atoms with van der Waals surface area (Å²) >= 11 is 0. The molecule has 1 aliphatic carbocycles. The highest BCUT2D eigenvalue weighted by molar-refractivity contribution is 5.88. The van der Waals surface area contributed by atoms with Crippen LogP contribution in [0.4, 0.5) is 0 Å². The van der Waals surface area contributed by atoms with Crippen molar-refractivity contribution in [3.8, 4) is 0 Å². The maximum absolute atomic E-state index is 11.2. The molecule has 0 N–H and O–H groups in total. The van der Waals surface area contributed by atoms with Gasteiger partial charge >= 0.3 is 0 Å². The first kappa shape index (κ1) is 11.8. The number of hydrogen-bond acceptors (Lipinski definition) is 2. The lowest BCUT2D eigenvalue weighted by Gasteiger charge is -2.39. The Morgan fingerprint density at radius 2 is 1.81 bits per heavy atom. The van der Waals surface area contributed by atoms with E-state index in [4.69, 9.17) is 4.74 Å². The summed E-state index contributed by atoms with van der Waals surface area (Å²) in [5.74, 6) is 0.117. The van der Waals surface area contributed by atoms with E-state index in [0.29, 0.717) is 0 Å². The summed E-state index contributed by atoms with van der Waals surface area (Å²) in [5.41, 5.74) is 1.01. The number of ether oxygens (including phenoxy) is 1. The van der Waals surface area contributed by atoms with E-state index in [0.717, 1.165) is 12.0 Å². The third-order valence-electron chi connectivity index (χ3n) is 4.47. The van der Waals surface area contributed by atoms with Crippen LogP contribution in [-0.4, -0.2) is 17.0 Å². The van der Waals surface area contributed by atoms with Gasteiger partial charge in [0.25, 0.3) is 0 Å². The molecule has 2 aliphatic rings. The minimum absolute atomic E-state index is 0.0369. The van der Waals surface area contributed by atoms with Crippen LogP contribution in [0.15, 0.2) is 11.6 Å². The molecule has 0 radical (unpaired) electrons. The van der Waals surface area contributed by atoms with Gasteiger partial charge in [-0.2, -0.15) is 0 Å². The van der Waals surface area contributed by atoms with E-state index in [-0.39, 0.29) is 22.4 Å². The van der Waals surface area contributed by atoms with Crippen LogP contribution in [0, 0.1) is 5.41 Å². The SMILES string of the molecule is CC(=O)/C=C(/C)C12OC1(C)CCCC2(C)C. The van der Waals surface area contributed by atoms with Gasteiger partial charge in [0.05, 0.1) is 0 Å². The summed E-state index contributed by atoms with van der Waals surface area (Å²) in [4.78, 5) is 11.2. The highest BCUT2D eigenvalue weighted by atomic mass is 16.6. The molecular formula is C14H22O2. The first-order valence-electron chi connectivity index (χ1n) is 6.15. The molecule has 0 bridgehead atoms. The van der Waals surface area contributed by atoms with Crippen LogP contribution in [-0.2, 0) is 9.53 Å². The quantitative estimate of drug-likeness (QED) is 0.530. The molecule has 0 amide bonds. The van der Waals surface area contributed by atoms with E-state index >= 15 is 0 Å². The summed E-state index contributed by atoms with van der Waals surface area (Å²) in [6, 6.07) is 0. The fourth-order valence-electron chi connectivity index (χ4n) is 3.87. The fraction of sp³-hybridized carbons (Fsp3) is 0.786. The van der Waals surface area contributed by atoms with Gasteiger partial charge < -0.3 is 4.74 Å². The predicted octanol–water partition coefficient (Wildman–Crippen LogP) is 3.26. The van der Waals surface area contributed by atoms with Crippen molar-refractivity contribution in [3.63, 3.8) is 0 Å². The maximum Gasteiger partial charge on any atom is 0.152 e. The normalized spacial score (nSPS) is 41.4. The van der Waals surface area contributed by atoms with Crippen molar-refractivity contribution in [1.29, 1.82) is 0 Å². The number of hydrogen-bond donors (Lipinski definition) is 0. The summed E-state index contributed by atoms with van der Waals surface area (Å²) in [6.07, 6.45) is 5.25. The summed E-state index contributed by atoms with van der Waals surface area (Å²) in [6.45, 7) is 10.4. The predicted molar refractivity (Wildman–Crippen MR) is 64.3 cm³/mol. The van der Waals surface area contributed by atoms with Crippen LogP contribution in [0.1, 0.15) is 53.9 Å². The smallest absolute Gasteiger partial charge is 0.152 e. The van der Waals surface area contributed by atoms with E-state index in [9.17, 15) is 4.79 Å². The fourth-order valence-corrected chi connectivity index (χ4v) is 3.87. The molecule has 0 aromatic heterocycles. The third-order valence-corrected chi connectivity index (χ3v) is 4.47. The van der Waals surface area contributed by atoms with Gasteiger partial charge in [0, 0.05) is 5.41 Å². The number of fused-ring (bicyclic) bond motifs is 1. The molecule has 2 rings (SSSR count). The zero-order valence-corrected chi connectivity index (χ0v) is 11.0. The highest BCUT2D eigenvalue weighted by Gasteiger charge is 2.75. The molecule has 0 spiro atoms. The van der Waals surface area contributed by atoms with E-state index in [1.54, 1.807) is 13.0 Å². The third kappa shape index (κ3) is 1.32. The Hall–Kier alpha value is -0.630. The Kier molecular flexibility index (Phi) is 2.36. The van der Waals surface area contributed by atoms with Crippen molar-refractivity contribution >= 4 is 5.78 Å². The molecule has 90 valence electrons. The monoisotopic (exact) mass is 222 g/mol. The Bertz CT molecular complexity index is 367. The zero-order valence-electron chi connectivity index (χ0n) is 11.0. The minimum atomic E-state index is -0.191. The van der Waals surface area contributed by atoms with Crippen molar-refractivity contribution in [2.75, 3.05) is 0 Å². The van der Waals surface area contributed by atoms with Crippen LogP contribution in [0.3, 0.4) is 0 Å². The van der Waals surface area contributed by atoms with Crippen molar-refractivity contribution in [2.24, 2.45) is 5.41 Å². The lowest BCUT2D eigenvalue weighted by Crippen LogP contribution is -2.43. The lowest BCUT2D eigenvalue weighted by atomic mass is 9.61. The van der Waals surface area contributed by atoms with E-state index in [2.05, 4.69) is 20.8 Å². The van der Waals surface area contributed by atoms with Crippen LogP contribution >= 0.6 is 0 Å². The number of carbonyl (C=O) groups is 1. The largest absolute Gasteiger partial charge is 0.357 e. The average molecular weight is 222 g/mol. The average Bonchev–Trinajstić information content (AvgIpc) is 2.73.